The molecule has 1 aliphatic heterocycles. The number of ether oxygens (including phenoxy) is 1. The summed E-state index contributed by atoms with van der Waals surface area (Å²) in [6.45, 7) is 0.737. The fourth-order valence-electron chi connectivity index (χ4n) is 2.06. The molecule has 3 heterocycles. The molecular formula is C13H14N2O2. The Hall–Kier alpha value is -1.81. The Kier molecular flexibility index (Phi) is 2.57. The summed E-state index contributed by atoms with van der Waals surface area (Å²) in [5.74, 6) is 0. The Balaban J connectivity index is 1.94. The lowest BCUT2D eigenvalue weighted by molar-refractivity contribution is 0.168. The molecular weight excluding hydrogens is 216 g/mol. The number of nitrogens with zero attached hydrogens (tertiary/aromatic N) is 2. The number of rotatable bonds is 2. The summed E-state index contributed by atoms with van der Waals surface area (Å²) in [6, 6.07) is 5.79. The minimum absolute atomic E-state index is 0.657. The predicted molar refractivity (Wildman–Crippen MR) is 63.4 cm³/mol. The van der Waals surface area contributed by atoms with Crippen LogP contribution in [0.5, 0.6) is 0 Å². The Morgan fingerprint density at radius 3 is 3.12 bits per heavy atom. The SMILES string of the molecule is OC(C1=COCCC1)c1cn2ccccc2n1. The van der Waals surface area contributed by atoms with Gasteiger partial charge in [-0.3, -0.25) is 0 Å². The van der Waals surface area contributed by atoms with Crippen LogP contribution in [-0.4, -0.2) is 21.1 Å². The van der Waals surface area contributed by atoms with E-state index in [-0.39, 0.29) is 0 Å². The van der Waals surface area contributed by atoms with E-state index in [1.807, 2.05) is 35.0 Å². The molecule has 4 heteroatoms. The van der Waals surface area contributed by atoms with Crippen LogP contribution in [0.25, 0.3) is 5.65 Å². The maximum absolute atomic E-state index is 10.2. The molecule has 2 aromatic heterocycles. The third kappa shape index (κ3) is 1.91. The highest BCUT2D eigenvalue weighted by Crippen LogP contribution is 2.26. The molecule has 0 aliphatic carbocycles. The predicted octanol–water partition coefficient (Wildman–Crippen LogP) is 2.06. The van der Waals surface area contributed by atoms with Crippen molar-refractivity contribution in [3.8, 4) is 0 Å². The Morgan fingerprint density at radius 1 is 1.41 bits per heavy atom. The van der Waals surface area contributed by atoms with Crippen LogP contribution in [0.2, 0.25) is 0 Å². The lowest BCUT2D eigenvalue weighted by Gasteiger charge is -2.17. The summed E-state index contributed by atoms with van der Waals surface area (Å²) in [5.41, 5.74) is 2.42. The molecule has 0 amide bonds. The molecule has 1 atom stereocenters. The van der Waals surface area contributed by atoms with E-state index >= 15 is 0 Å². The first-order valence-electron chi connectivity index (χ1n) is 5.77. The average molecular weight is 230 g/mol. The van der Waals surface area contributed by atoms with Gasteiger partial charge in [-0.05, 0) is 30.5 Å². The Bertz CT molecular complexity index is 526. The summed E-state index contributed by atoms with van der Waals surface area (Å²) in [4.78, 5) is 4.40. The third-order valence-electron chi connectivity index (χ3n) is 2.98. The molecule has 1 N–H and O–H groups in total. The van der Waals surface area contributed by atoms with Crippen LogP contribution < -0.4 is 0 Å². The first-order chi connectivity index (χ1) is 8.34. The monoisotopic (exact) mass is 230 g/mol. The Labute approximate surface area is 99.2 Å². The van der Waals surface area contributed by atoms with E-state index in [1.165, 1.54) is 0 Å². The summed E-state index contributed by atoms with van der Waals surface area (Å²) in [5, 5.41) is 10.2. The van der Waals surface area contributed by atoms with E-state index in [4.69, 9.17) is 4.74 Å². The fraction of sp³-hybridized carbons (Fsp3) is 0.308. The molecule has 3 rings (SSSR count). The van der Waals surface area contributed by atoms with Crippen LogP contribution in [0.3, 0.4) is 0 Å². The lowest BCUT2D eigenvalue weighted by Crippen LogP contribution is -2.08. The van der Waals surface area contributed by atoms with Crippen LogP contribution in [-0.2, 0) is 4.74 Å². The van der Waals surface area contributed by atoms with Crippen molar-refractivity contribution >= 4 is 5.65 Å². The van der Waals surface area contributed by atoms with Crippen LogP contribution >= 0.6 is 0 Å². The second-order valence-corrected chi connectivity index (χ2v) is 4.20. The molecule has 0 bridgehead atoms. The molecule has 0 saturated heterocycles. The van der Waals surface area contributed by atoms with Crippen LogP contribution in [0.4, 0.5) is 0 Å². The molecule has 4 nitrogen and oxygen atoms in total. The molecule has 0 radical (unpaired) electrons. The second-order valence-electron chi connectivity index (χ2n) is 4.20. The zero-order valence-corrected chi connectivity index (χ0v) is 9.41. The standard InChI is InChI=1S/C13H14N2O2/c16-13(10-4-3-7-17-9-10)11-8-15-6-2-1-5-12(15)14-11/h1-2,5-6,8-9,13,16H,3-4,7H2. The number of imidazole rings is 1. The second kappa shape index (κ2) is 4.22. The molecule has 17 heavy (non-hydrogen) atoms. The van der Waals surface area contributed by atoms with Gasteiger partial charge in [0.1, 0.15) is 11.8 Å². The first-order valence-corrected chi connectivity index (χ1v) is 5.77. The van der Waals surface area contributed by atoms with Crippen molar-refractivity contribution in [3.63, 3.8) is 0 Å². The van der Waals surface area contributed by atoms with E-state index in [1.54, 1.807) is 6.26 Å². The highest BCUT2D eigenvalue weighted by atomic mass is 16.5. The summed E-state index contributed by atoms with van der Waals surface area (Å²) in [7, 11) is 0. The average Bonchev–Trinajstić information content (AvgIpc) is 2.82. The van der Waals surface area contributed by atoms with Gasteiger partial charge >= 0.3 is 0 Å². The number of aromatic nitrogens is 2. The molecule has 1 unspecified atom stereocenters. The summed E-state index contributed by atoms with van der Waals surface area (Å²) < 4.78 is 7.15. The molecule has 0 fully saturated rings. The maximum Gasteiger partial charge on any atom is 0.137 e. The first kappa shape index (κ1) is 10.4. The van der Waals surface area contributed by atoms with Gasteiger partial charge in [-0.15, -0.1) is 0 Å². The number of hydrogen-bond donors (Lipinski definition) is 1. The van der Waals surface area contributed by atoms with Crippen molar-refractivity contribution in [1.29, 1.82) is 0 Å². The van der Waals surface area contributed by atoms with Crippen molar-refractivity contribution in [2.45, 2.75) is 18.9 Å². The maximum atomic E-state index is 10.2. The van der Waals surface area contributed by atoms with Crippen LogP contribution in [0.15, 0.2) is 42.4 Å². The van der Waals surface area contributed by atoms with Gasteiger partial charge in [0, 0.05) is 12.4 Å². The van der Waals surface area contributed by atoms with Gasteiger partial charge in [0.25, 0.3) is 0 Å². The van der Waals surface area contributed by atoms with Crippen LogP contribution in [0, 0.1) is 0 Å². The molecule has 0 spiro atoms. The molecule has 0 saturated carbocycles. The molecule has 1 aliphatic rings. The normalized spacial score (nSPS) is 17.6. The van der Waals surface area contributed by atoms with Gasteiger partial charge in [-0.1, -0.05) is 6.07 Å². The van der Waals surface area contributed by atoms with E-state index in [9.17, 15) is 5.11 Å². The Morgan fingerprint density at radius 2 is 2.35 bits per heavy atom. The van der Waals surface area contributed by atoms with Gasteiger partial charge in [0.2, 0.25) is 0 Å². The topological polar surface area (TPSA) is 46.8 Å². The van der Waals surface area contributed by atoms with Crippen molar-refractivity contribution in [2.75, 3.05) is 6.61 Å². The van der Waals surface area contributed by atoms with Crippen molar-refractivity contribution < 1.29 is 9.84 Å². The zero-order valence-electron chi connectivity index (χ0n) is 9.41. The number of hydrogen-bond acceptors (Lipinski definition) is 3. The molecule has 88 valence electrons. The molecule has 0 aromatic carbocycles. The summed E-state index contributed by atoms with van der Waals surface area (Å²) >= 11 is 0. The van der Waals surface area contributed by atoms with Gasteiger partial charge in [-0.2, -0.15) is 0 Å². The van der Waals surface area contributed by atoms with E-state index in [0.717, 1.165) is 30.7 Å². The summed E-state index contributed by atoms with van der Waals surface area (Å²) in [6.07, 6.45) is 6.61. The largest absolute Gasteiger partial charge is 0.501 e. The zero-order chi connectivity index (χ0) is 11.7. The minimum Gasteiger partial charge on any atom is -0.501 e. The lowest BCUT2D eigenvalue weighted by atomic mass is 10.0. The van der Waals surface area contributed by atoms with Crippen LogP contribution in [0.1, 0.15) is 24.6 Å². The highest BCUT2D eigenvalue weighted by molar-refractivity contribution is 5.40. The number of pyridine rings is 1. The fourth-order valence-corrected chi connectivity index (χ4v) is 2.06. The molecule has 2 aromatic rings. The van der Waals surface area contributed by atoms with E-state index in [2.05, 4.69) is 4.98 Å². The smallest absolute Gasteiger partial charge is 0.137 e. The number of aliphatic hydroxyl groups is 1. The van der Waals surface area contributed by atoms with Gasteiger partial charge < -0.3 is 14.2 Å². The van der Waals surface area contributed by atoms with Crippen molar-refractivity contribution in [3.05, 3.63) is 48.1 Å². The van der Waals surface area contributed by atoms with Crippen molar-refractivity contribution in [1.82, 2.24) is 9.38 Å². The van der Waals surface area contributed by atoms with Gasteiger partial charge in [-0.25, -0.2) is 4.98 Å². The van der Waals surface area contributed by atoms with Crippen molar-refractivity contribution in [2.24, 2.45) is 0 Å². The number of fused-ring (bicyclic) bond motifs is 1. The highest BCUT2D eigenvalue weighted by Gasteiger charge is 2.18. The van der Waals surface area contributed by atoms with E-state index < -0.39 is 6.10 Å². The number of aliphatic hydroxyl groups excluding tert-OH is 1. The quantitative estimate of drug-likeness (QED) is 0.859. The van der Waals surface area contributed by atoms with Gasteiger partial charge in [0.15, 0.2) is 0 Å². The van der Waals surface area contributed by atoms with Gasteiger partial charge in [0.05, 0.1) is 18.6 Å². The van der Waals surface area contributed by atoms with E-state index in [0.29, 0.717) is 5.69 Å². The third-order valence-corrected chi connectivity index (χ3v) is 2.98. The minimum atomic E-state index is -0.657.